The molecule has 1 atom stereocenters. The lowest BCUT2D eigenvalue weighted by molar-refractivity contribution is -0.127. The Kier molecular flexibility index (Phi) is 4.19. The molecule has 4 aliphatic rings. The first-order chi connectivity index (χ1) is 13.9. The molecule has 5 heteroatoms. The molecule has 0 aromatic heterocycles. The van der Waals surface area contributed by atoms with Gasteiger partial charge in [0.1, 0.15) is 5.82 Å². The highest BCUT2D eigenvalue weighted by molar-refractivity contribution is 5.98. The highest BCUT2D eigenvalue weighted by Crippen LogP contribution is 2.62. The van der Waals surface area contributed by atoms with Crippen LogP contribution in [0.2, 0.25) is 0 Å². The van der Waals surface area contributed by atoms with E-state index in [4.69, 9.17) is 5.73 Å². The van der Waals surface area contributed by atoms with Crippen molar-refractivity contribution in [1.29, 1.82) is 0 Å². The molecule has 0 bridgehead atoms. The van der Waals surface area contributed by atoms with Gasteiger partial charge in [-0.25, -0.2) is 4.39 Å². The van der Waals surface area contributed by atoms with Crippen molar-refractivity contribution < 1.29 is 14.0 Å². The van der Waals surface area contributed by atoms with Gasteiger partial charge in [-0.1, -0.05) is 12.2 Å². The Bertz CT molecular complexity index is 974. The van der Waals surface area contributed by atoms with E-state index in [2.05, 4.69) is 6.58 Å². The number of carbonyl (C=O) groups is 2. The van der Waals surface area contributed by atoms with Crippen molar-refractivity contribution in [2.24, 2.45) is 11.1 Å². The third-order valence-corrected chi connectivity index (χ3v) is 7.59. The molecule has 1 aromatic rings. The van der Waals surface area contributed by atoms with Crippen LogP contribution in [0.1, 0.15) is 77.9 Å². The van der Waals surface area contributed by atoms with Gasteiger partial charge in [0.25, 0.3) is 0 Å². The molecule has 1 heterocycles. The number of primary amides is 1. The maximum absolute atomic E-state index is 15.5. The Morgan fingerprint density at radius 3 is 2.79 bits per heavy atom. The van der Waals surface area contributed by atoms with Crippen molar-refractivity contribution in [2.75, 3.05) is 13.1 Å². The summed E-state index contributed by atoms with van der Waals surface area (Å²) in [5.41, 5.74) is 11.6. The van der Waals surface area contributed by atoms with Crippen LogP contribution in [0.25, 0.3) is 5.57 Å². The van der Waals surface area contributed by atoms with Crippen LogP contribution in [-0.4, -0.2) is 29.8 Å². The minimum Gasteiger partial charge on any atom is -0.366 e. The van der Waals surface area contributed by atoms with E-state index in [0.29, 0.717) is 36.1 Å². The number of likely N-dealkylation sites (tertiary alicyclic amines) is 1. The molecule has 4 nitrogen and oxygen atoms in total. The molecule has 2 amide bonds. The number of rotatable bonds is 3. The molecule has 0 radical (unpaired) electrons. The molecule has 2 N–H and O–H groups in total. The van der Waals surface area contributed by atoms with Crippen LogP contribution in [0.3, 0.4) is 0 Å². The van der Waals surface area contributed by atoms with Gasteiger partial charge in [-0.05, 0) is 85.6 Å². The minimum atomic E-state index is -0.556. The third kappa shape index (κ3) is 2.93. The number of benzene rings is 1. The molecule has 1 aromatic carbocycles. The molecule has 29 heavy (non-hydrogen) atoms. The molecule has 1 aliphatic heterocycles. The average molecular weight is 394 g/mol. The second kappa shape index (κ2) is 6.54. The van der Waals surface area contributed by atoms with Crippen LogP contribution in [0.5, 0.6) is 0 Å². The summed E-state index contributed by atoms with van der Waals surface area (Å²) < 4.78 is 15.5. The molecule has 152 valence electrons. The number of halogens is 1. The molecule has 1 saturated carbocycles. The number of allylic oxidation sites excluding steroid dienone is 2. The smallest absolute Gasteiger partial charge is 0.249 e. The highest BCUT2D eigenvalue weighted by atomic mass is 19.1. The molecule has 3 aliphatic carbocycles. The lowest BCUT2D eigenvalue weighted by atomic mass is 9.78. The second-order valence-electron chi connectivity index (χ2n) is 9.30. The van der Waals surface area contributed by atoms with Crippen LogP contribution in [-0.2, 0) is 11.2 Å². The van der Waals surface area contributed by atoms with Gasteiger partial charge in [0.2, 0.25) is 11.8 Å². The van der Waals surface area contributed by atoms with Gasteiger partial charge in [-0.2, -0.15) is 0 Å². The van der Waals surface area contributed by atoms with Crippen LogP contribution in [0, 0.1) is 11.2 Å². The third-order valence-electron chi connectivity index (χ3n) is 7.59. The van der Waals surface area contributed by atoms with Crippen LogP contribution in [0.4, 0.5) is 4.39 Å². The number of carbonyl (C=O) groups excluding carboxylic acids is 2. The maximum Gasteiger partial charge on any atom is 0.249 e. The lowest BCUT2D eigenvalue weighted by Crippen LogP contribution is -2.38. The van der Waals surface area contributed by atoms with E-state index in [1.807, 2.05) is 0 Å². The van der Waals surface area contributed by atoms with E-state index in [1.54, 1.807) is 4.90 Å². The zero-order chi connectivity index (χ0) is 20.3. The quantitative estimate of drug-likeness (QED) is 0.785. The molecule has 2 fully saturated rings. The average Bonchev–Trinajstić information content (AvgIpc) is 3.37. The van der Waals surface area contributed by atoms with Crippen LogP contribution in [0.15, 0.2) is 24.3 Å². The summed E-state index contributed by atoms with van der Waals surface area (Å²) in [7, 11) is 0. The fourth-order valence-electron chi connectivity index (χ4n) is 5.83. The number of amides is 2. The number of hydrogen-bond donors (Lipinski definition) is 1. The zero-order valence-corrected chi connectivity index (χ0v) is 16.7. The van der Waals surface area contributed by atoms with E-state index in [-0.39, 0.29) is 17.6 Å². The fraction of sp³-hybridized carbons (Fsp3) is 0.500. The summed E-state index contributed by atoms with van der Waals surface area (Å²) in [6, 6.07) is 1.34. The van der Waals surface area contributed by atoms with Gasteiger partial charge in [-0.3, -0.25) is 9.59 Å². The largest absolute Gasteiger partial charge is 0.366 e. The number of nitrogens with zero attached hydrogens (tertiary/aromatic N) is 1. The molecule has 1 spiro atoms. The van der Waals surface area contributed by atoms with Crippen molar-refractivity contribution in [3.05, 3.63) is 52.4 Å². The van der Waals surface area contributed by atoms with Crippen molar-refractivity contribution in [3.8, 4) is 0 Å². The molecular weight excluding hydrogens is 367 g/mol. The van der Waals surface area contributed by atoms with Crippen molar-refractivity contribution in [2.45, 2.75) is 57.3 Å². The number of nitrogens with two attached hydrogens (primary N) is 1. The van der Waals surface area contributed by atoms with Crippen molar-refractivity contribution in [1.82, 2.24) is 4.90 Å². The zero-order valence-electron chi connectivity index (χ0n) is 16.7. The summed E-state index contributed by atoms with van der Waals surface area (Å²) in [5.74, 6) is -1.07. The summed E-state index contributed by atoms with van der Waals surface area (Å²) in [5, 5.41) is 0. The standard InChI is InChI=1S/C24H27FN2O2/c1-2-20(28)27-9-3-4-15(13-27)21-19(25)11-17(23(26)29)16-10-14-5-6-24(7-8-24)12-18(14)22(16)21/h2,11,15H,1,3-10,12-13H2,(H2,26,29). The first-order valence-electron chi connectivity index (χ1n) is 10.7. The molecule has 5 rings (SSSR count). The predicted molar refractivity (Wildman–Crippen MR) is 110 cm³/mol. The first kappa shape index (κ1) is 18.6. The van der Waals surface area contributed by atoms with Crippen LogP contribution < -0.4 is 5.73 Å². The van der Waals surface area contributed by atoms with Gasteiger partial charge < -0.3 is 10.6 Å². The highest BCUT2D eigenvalue weighted by Gasteiger charge is 2.48. The topological polar surface area (TPSA) is 63.4 Å². The molecule has 1 saturated heterocycles. The maximum atomic E-state index is 15.5. The van der Waals surface area contributed by atoms with Gasteiger partial charge >= 0.3 is 0 Å². The second-order valence-corrected chi connectivity index (χ2v) is 9.30. The normalized spacial score (nSPS) is 24.3. The Morgan fingerprint density at radius 2 is 2.10 bits per heavy atom. The van der Waals surface area contributed by atoms with Gasteiger partial charge in [-0.15, -0.1) is 0 Å². The monoisotopic (exact) mass is 394 g/mol. The predicted octanol–water partition coefficient (Wildman–Crippen LogP) is 4.09. The first-order valence-corrected chi connectivity index (χ1v) is 10.7. The molecule has 1 unspecified atom stereocenters. The fourth-order valence-corrected chi connectivity index (χ4v) is 5.83. The Balaban J connectivity index is 1.62. The van der Waals surface area contributed by atoms with E-state index in [9.17, 15) is 9.59 Å². The summed E-state index contributed by atoms with van der Waals surface area (Å²) in [6.07, 6.45) is 9.46. The summed E-state index contributed by atoms with van der Waals surface area (Å²) in [4.78, 5) is 26.0. The Morgan fingerprint density at radius 1 is 1.31 bits per heavy atom. The number of hydrogen-bond acceptors (Lipinski definition) is 2. The van der Waals surface area contributed by atoms with E-state index in [1.165, 1.54) is 42.6 Å². The van der Waals surface area contributed by atoms with E-state index < -0.39 is 5.91 Å². The van der Waals surface area contributed by atoms with Crippen molar-refractivity contribution in [3.63, 3.8) is 0 Å². The lowest BCUT2D eigenvalue weighted by Gasteiger charge is -2.34. The van der Waals surface area contributed by atoms with Crippen molar-refractivity contribution >= 4 is 17.4 Å². The Hall–Kier alpha value is -2.43. The van der Waals surface area contributed by atoms with Gasteiger partial charge in [0.05, 0.1) is 0 Å². The van der Waals surface area contributed by atoms with E-state index in [0.717, 1.165) is 36.8 Å². The summed E-state index contributed by atoms with van der Waals surface area (Å²) >= 11 is 0. The van der Waals surface area contributed by atoms with Crippen LogP contribution >= 0.6 is 0 Å². The SMILES string of the molecule is C=CC(=O)N1CCCC(c2c(F)cc(C(N)=O)c3c2C2=C(CCC4(CC4)C2)C3)C1. The van der Waals surface area contributed by atoms with Gasteiger partial charge in [0.15, 0.2) is 0 Å². The summed E-state index contributed by atoms with van der Waals surface area (Å²) in [6.45, 7) is 4.77. The number of piperidine rings is 1. The van der Waals surface area contributed by atoms with E-state index >= 15 is 4.39 Å². The van der Waals surface area contributed by atoms with Gasteiger partial charge in [0, 0.05) is 30.1 Å². The Labute approximate surface area is 170 Å². The molecular formula is C24H27FN2O2. The minimum absolute atomic E-state index is 0.0627. The number of fused-ring (bicyclic) bond motifs is 2.